The Balaban J connectivity index is 0.000000136. The van der Waals surface area contributed by atoms with E-state index in [0.29, 0.717) is 0 Å². The Bertz CT molecular complexity index is 6060. The van der Waals surface area contributed by atoms with Gasteiger partial charge in [-0.15, -0.1) is 0 Å². The molecule has 0 atom stereocenters. The predicted octanol–water partition coefficient (Wildman–Crippen LogP) is 29.2. The van der Waals surface area contributed by atoms with E-state index in [1.807, 2.05) is 36.4 Å². The zero-order chi connectivity index (χ0) is 69.4. The molecule has 0 aliphatic heterocycles. The van der Waals surface area contributed by atoms with Gasteiger partial charge in [-0.25, -0.2) is 0 Å². The van der Waals surface area contributed by atoms with Crippen LogP contribution in [-0.2, 0) is 0 Å². The number of fused-ring (bicyclic) bond motifs is 5. The molecule has 0 bridgehead atoms. The van der Waals surface area contributed by atoms with Crippen LogP contribution in [-0.4, -0.2) is 4.57 Å². The summed E-state index contributed by atoms with van der Waals surface area (Å²) in [5.41, 5.74) is 16.2. The average molecular weight is 1560 g/mol. The van der Waals surface area contributed by atoms with Gasteiger partial charge in [-0.3, -0.25) is 0 Å². The molecule has 7 heteroatoms. The number of nitrogens with one attached hydrogen (secondary N) is 1. The minimum absolute atomic E-state index is 1.08. The molecule has 1 heterocycles. The van der Waals surface area contributed by atoms with Crippen molar-refractivity contribution in [3.05, 3.63) is 413 Å². The summed E-state index contributed by atoms with van der Waals surface area (Å²) < 4.78 is 6.01. The van der Waals surface area contributed by atoms with Gasteiger partial charge in [0.05, 0.1) is 11.2 Å². The largest absolute Gasteiger partial charge is 0.356 e. The van der Waals surface area contributed by atoms with Gasteiger partial charge in [0.15, 0.2) is 0 Å². The van der Waals surface area contributed by atoms with Gasteiger partial charge in [-0.2, -0.15) is 0 Å². The molecule has 4 nitrogen and oxygen atoms in total. The van der Waals surface area contributed by atoms with Crippen LogP contribution in [0.3, 0.4) is 0 Å². The molecular formula is C96H67Br2IN4. The van der Waals surface area contributed by atoms with E-state index in [2.05, 4.69) is 438 Å². The summed E-state index contributed by atoms with van der Waals surface area (Å²) in [5.74, 6) is 0. The van der Waals surface area contributed by atoms with Crippen molar-refractivity contribution in [2.24, 2.45) is 0 Å². The zero-order valence-electron chi connectivity index (χ0n) is 56.1. The Labute approximate surface area is 630 Å². The highest BCUT2D eigenvalue weighted by atomic mass is 127. The quantitative estimate of drug-likeness (QED) is 0.103. The average Bonchev–Trinajstić information content (AvgIpc) is 1.57. The topological polar surface area (TPSA) is 23.4 Å². The van der Waals surface area contributed by atoms with Crippen molar-refractivity contribution in [1.29, 1.82) is 0 Å². The Morgan fingerprint density at radius 3 is 1.17 bits per heavy atom. The van der Waals surface area contributed by atoms with Crippen LogP contribution in [0.15, 0.2) is 409 Å². The Kier molecular flexibility index (Phi) is 19.4. The van der Waals surface area contributed by atoms with Crippen LogP contribution in [0.4, 0.5) is 45.5 Å². The van der Waals surface area contributed by atoms with Crippen LogP contribution in [0.25, 0.3) is 104 Å². The molecule has 19 rings (SSSR count). The molecule has 18 aromatic carbocycles. The molecular weight excluding hydrogens is 1500 g/mol. The first-order valence-electron chi connectivity index (χ1n) is 34.4. The summed E-state index contributed by atoms with van der Waals surface area (Å²) in [7, 11) is 0. The highest BCUT2D eigenvalue weighted by molar-refractivity contribution is 14.1. The van der Waals surface area contributed by atoms with Crippen molar-refractivity contribution in [2.45, 2.75) is 0 Å². The minimum atomic E-state index is 1.08. The summed E-state index contributed by atoms with van der Waals surface area (Å²) in [6.45, 7) is 0. The lowest BCUT2D eigenvalue weighted by atomic mass is 9.91. The smallest absolute Gasteiger partial charge is 0.0620 e. The van der Waals surface area contributed by atoms with E-state index < -0.39 is 0 Å². The number of rotatable bonds is 11. The molecule has 1 N–H and O–H groups in total. The normalized spacial score (nSPS) is 11.1. The van der Waals surface area contributed by atoms with Crippen LogP contribution >= 0.6 is 54.5 Å². The molecule has 19 aromatic rings. The Morgan fingerprint density at radius 2 is 0.650 bits per heavy atom. The third-order valence-corrected chi connectivity index (χ3v) is 20.5. The van der Waals surface area contributed by atoms with E-state index in [1.54, 1.807) is 0 Å². The van der Waals surface area contributed by atoms with Crippen LogP contribution in [0.2, 0.25) is 0 Å². The van der Waals surface area contributed by atoms with Crippen molar-refractivity contribution in [3.63, 3.8) is 0 Å². The van der Waals surface area contributed by atoms with Crippen LogP contribution < -0.4 is 15.1 Å². The standard InChI is InChI=1S/C52H34N2.C22H16BrN.C16H13N.C6H4BrI/c1-4-14-36(15-5-1)50-47-34-41-24-23-37-19-12-20-38-26-32-46(49(41)48(37)38)52(47)54(51(50)39-16-6-2-7-17-39)44-30-28-43(29-31-44)53(42-21-8-3-9-22-42)45-27-25-35-13-10-11-18-40(35)33-45;23-19-11-14-21(15-12-19)24(20-8-2-1-3-9-20)22-13-10-17-6-4-5-7-18(17)16-22;1-2-8-15(9-3-1)17-16-11-10-13-6-4-5-7-14(13)12-16;7-5-1-3-6(8)4-2-5/h1-34H;1-16H;1-12,17H;1-4H. The molecule has 0 spiro atoms. The number of anilines is 8. The first kappa shape index (κ1) is 66.0. The highest BCUT2D eigenvalue weighted by Gasteiger charge is 2.26. The Hall–Kier alpha value is -11.6. The van der Waals surface area contributed by atoms with Gasteiger partial charge in [0.2, 0.25) is 0 Å². The van der Waals surface area contributed by atoms with Crippen molar-refractivity contribution in [3.8, 4) is 28.1 Å². The molecule has 0 unspecified atom stereocenters. The second-order valence-electron chi connectivity index (χ2n) is 25.3. The van der Waals surface area contributed by atoms with Crippen LogP contribution in [0.1, 0.15) is 0 Å². The molecule has 0 saturated carbocycles. The minimum Gasteiger partial charge on any atom is -0.356 e. The SMILES string of the molecule is Brc1ccc(I)cc1.Brc1ccc(N(c2ccccc2)c2ccc3ccccc3c2)cc1.c1ccc(-c2c(-c3ccccc3)n(-c3ccc(N(c4ccccc4)c4ccc5ccccc5c4)cc3)c3c2cc2ccc4cccc5ccc3c2c45)cc1.c1ccc(Nc2ccc3ccccc3c2)cc1. The van der Waals surface area contributed by atoms with Crippen molar-refractivity contribution in [1.82, 2.24) is 4.57 Å². The van der Waals surface area contributed by atoms with Gasteiger partial charge < -0.3 is 19.7 Å². The second-order valence-corrected chi connectivity index (χ2v) is 28.4. The first-order valence-corrected chi connectivity index (χ1v) is 37.1. The molecule has 0 fully saturated rings. The van der Waals surface area contributed by atoms with Gasteiger partial charge >= 0.3 is 0 Å². The van der Waals surface area contributed by atoms with Crippen LogP contribution in [0.5, 0.6) is 0 Å². The lowest BCUT2D eigenvalue weighted by molar-refractivity contribution is 1.14. The number of benzene rings is 18. The fourth-order valence-corrected chi connectivity index (χ4v) is 14.9. The lowest BCUT2D eigenvalue weighted by Crippen LogP contribution is -2.10. The fourth-order valence-electron chi connectivity index (χ4n) is 14.0. The molecule has 0 aliphatic rings. The number of aromatic nitrogens is 1. The molecule has 1 aromatic heterocycles. The number of hydrogen-bond donors (Lipinski definition) is 1. The van der Waals surface area contributed by atoms with Gasteiger partial charge in [0, 0.05) is 80.0 Å². The van der Waals surface area contributed by atoms with E-state index >= 15 is 0 Å². The van der Waals surface area contributed by atoms with Crippen molar-refractivity contribution in [2.75, 3.05) is 15.1 Å². The van der Waals surface area contributed by atoms with Gasteiger partial charge in [0.25, 0.3) is 0 Å². The monoisotopic (exact) mass is 1560 g/mol. The van der Waals surface area contributed by atoms with Gasteiger partial charge in [0.1, 0.15) is 0 Å². The van der Waals surface area contributed by atoms with E-state index in [9.17, 15) is 0 Å². The summed E-state index contributed by atoms with van der Waals surface area (Å²) in [6, 6.07) is 142. The third kappa shape index (κ3) is 14.3. The van der Waals surface area contributed by atoms with Gasteiger partial charge in [-0.05, 0) is 245 Å². The van der Waals surface area contributed by atoms with Gasteiger partial charge in [-0.1, -0.05) is 281 Å². The maximum absolute atomic E-state index is 3.52. The van der Waals surface area contributed by atoms with E-state index in [-0.39, 0.29) is 0 Å². The summed E-state index contributed by atoms with van der Waals surface area (Å²) in [4.78, 5) is 4.63. The molecule has 0 saturated heterocycles. The summed E-state index contributed by atoms with van der Waals surface area (Å²) >= 11 is 9.14. The molecule has 103 heavy (non-hydrogen) atoms. The maximum Gasteiger partial charge on any atom is 0.0620 e. The molecule has 0 aliphatic carbocycles. The molecule has 492 valence electrons. The number of nitrogens with zero attached hydrogens (tertiary/aromatic N) is 3. The third-order valence-electron chi connectivity index (χ3n) is 18.8. The summed E-state index contributed by atoms with van der Waals surface area (Å²) in [6.07, 6.45) is 0. The maximum atomic E-state index is 3.52. The zero-order valence-corrected chi connectivity index (χ0v) is 61.4. The van der Waals surface area contributed by atoms with Crippen molar-refractivity contribution >= 4 is 175 Å². The van der Waals surface area contributed by atoms with Crippen molar-refractivity contribution < 1.29 is 0 Å². The highest BCUT2D eigenvalue weighted by Crippen LogP contribution is 2.49. The fraction of sp³-hybridized carbons (Fsp3) is 0. The Morgan fingerprint density at radius 1 is 0.262 bits per heavy atom. The number of hydrogen-bond acceptors (Lipinski definition) is 3. The first-order chi connectivity index (χ1) is 50.8. The van der Waals surface area contributed by atoms with E-state index in [4.69, 9.17) is 0 Å². The van der Waals surface area contributed by atoms with E-state index in [0.717, 1.165) is 60.1 Å². The van der Waals surface area contributed by atoms with E-state index in [1.165, 1.54) is 101 Å². The number of halogens is 3. The molecule has 0 amide bonds. The predicted molar refractivity (Wildman–Crippen MR) is 457 cm³/mol. The lowest BCUT2D eigenvalue weighted by Gasteiger charge is -2.26. The number of para-hydroxylation sites is 3. The van der Waals surface area contributed by atoms with Crippen LogP contribution in [0, 0.1) is 3.57 Å². The summed E-state index contributed by atoms with van der Waals surface area (Å²) in [5, 5.41) is 19.8. The second kappa shape index (κ2) is 30.3. The molecule has 0 radical (unpaired) electrons.